The van der Waals surface area contributed by atoms with Gasteiger partial charge in [-0.05, 0) is 37.3 Å². The molecule has 8 N–H and O–H groups in total. The van der Waals surface area contributed by atoms with E-state index in [0.29, 0.717) is 0 Å². The van der Waals surface area contributed by atoms with Gasteiger partial charge in [0.05, 0.1) is 5.56 Å². The van der Waals surface area contributed by atoms with Crippen molar-refractivity contribution >= 4 is 41.1 Å². The highest BCUT2D eigenvalue weighted by molar-refractivity contribution is 7.98. The molecule has 1 atom stereocenters. The molecule has 1 heterocycles. The van der Waals surface area contributed by atoms with Crippen LogP contribution >= 0.6 is 11.8 Å². The lowest BCUT2D eigenvalue weighted by Crippen LogP contribution is -2.43. The fourth-order valence-electron chi connectivity index (χ4n) is 3.04. The van der Waals surface area contributed by atoms with E-state index in [-0.39, 0.29) is 53.4 Å². The van der Waals surface area contributed by atoms with Crippen molar-refractivity contribution in [3.05, 3.63) is 35.4 Å². The number of alkyl halides is 3. The number of nitrogen functional groups attached to an aromatic ring is 1. The van der Waals surface area contributed by atoms with Crippen LogP contribution in [0.1, 0.15) is 24.0 Å². The second-order valence-corrected chi connectivity index (χ2v) is 7.48. The van der Waals surface area contributed by atoms with Gasteiger partial charge in [-0.1, -0.05) is 6.07 Å². The molecule has 0 aliphatic carbocycles. The van der Waals surface area contributed by atoms with E-state index in [1.807, 2.05) is 6.07 Å². The molecule has 33 heavy (non-hydrogen) atoms. The van der Waals surface area contributed by atoms with Crippen LogP contribution in [0.15, 0.2) is 34.3 Å². The maximum absolute atomic E-state index is 13.4. The maximum atomic E-state index is 13.4. The summed E-state index contributed by atoms with van der Waals surface area (Å²) in [6.07, 6.45) is -2.70. The summed E-state index contributed by atoms with van der Waals surface area (Å²) in [6.45, 7) is 0.148. The Bertz CT molecular complexity index is 1080. The fraction of sp³-hybridized carbons (Fsp3) is 0.316. The average Bonchev–Trinajstić information content (AvgIpc) is 2.74. The lowest BCUT2D eigenvalue weighted by atomic mass is 10.1. The number of hydrogen-bond donors (Lipinski definition) is 4. The van der Waals surface area contributed by atoms with Gasteiger partial charge in [-0.25, -0.2) is 4.98 Å². The topological polar surface area (TPSA) is 186 Å². The number of hydrogen-bond acceptors (Lipinski definition) is 8. The summed E-state index contributed by atoms with van der Waals surface area (Å²) in [5.74, 6) is -1.38. The number of nitrogens with zero attached hydrogens (tertiary/aromatic N) is 5. The zero-order valence-electron chi connectivity index (χ0n) is 17.5. The van der Waals surface area contributed by atoms with Crippen LogP contribution in [0.25, 0.3) is 0 Å². The first kappa shape index (κ1) is 25.5. The van der Waals surface area contributed by atoms with E-state index < -0.39 is 23.7 Å². The Hall–Kier alpha value is -3.73. The first-order valence-corrected chi connectivity index (χ1v) is 10.6. The second-order valence-electron chi connectivity index (χ2n) is 6.69. The van der Waals surface area contributed by atoms with E-state index in [4.69, 9.17) is 22.9 Å². The Morgan fingerprint density at radius 2 is 2.00 bits per heavy atom. The summed E-state index contributed by atoms with van der Waals surface area (Å²) >= 11 is 1.09. The van der Waals surface area contributed by atoms with Crippen LogP contribution in [0.4, 0.5) is 30.6 Å². The average molecular weight is 482 g/mol. The van der Waals surface area contributed by atoms with Crippen molar-refractivity contribution in [2.75, 3.05) is 23.4 Å². The molecule has 1 amide bonds. The first-order chi connectivity index (χ1) is 15.5. The van der Waals surface area contributed by atoms with Crippen LogP contribution in [0.2, 0.25) is 0 Å². The van der Waals surface area contributed by atoms with Gasteiger partial charge in [0.1, 0.15) is 22.7 Å². The number of aromatic nitrogens is 2. The van der Waals surface area contributed by atoms with Crippen LogP contribution < -0.4 is 27.8 Å². The number of primary amides is 1. The lowest BCUT2D eigenvalue weighted by Gasteiger charge is -2.32. The van der Waals surface area contributed by atoms with Gasteiger partial charge in [0.25, 0.3) is 0 Å². The minimum atomic E-state index is -4.65. The van der Waals surface area contributed by atoms with Crippen LogP contribution in [0.3, 0.4) is 0 Å². The monoisotopic (exact) mass is 481 g/mol. The molecule has 2 rings (SSSR count). The molecule has 0 radical (unpaired) electrons. The SMILES string of the molecule is CSc1nc(N)nc(N(c2cccc(C(F)(F)F)c2)[C@@H](CCCN=C(N)N)C(N)=O)c1C#N. The molecular weight excluding hydrogens is 459 g/mol. The Labute approximate surface area is 191 Å². The molecule has 0 fully saturated rings. The van der Waals surface area contributed by atoms with Crippen molar-refractivity contribution in [1.29, 1.82) is 5.26 Å². The third-order valence-corrected chi connectivity index (χ3v) is 5.11. The molecule has 176 valence electrons. The van der Waals surface area contributed by atoms with E-state index >= 15 is 0 Å². The smallest absolute Gasteiger partial charge is 0.370 e. The van der Waals surface area contributed by atoms with Gasteiger partial charge >= 0.3 is 6.18 Å². The van der Waals surface area contributed by atoms with E-state index in [1.165, 1.54) is 17.0 Å². The molecule has 1 aromatic heterocycles. The van der Waals surface area contributed by atoms with E-state index in [0.717, 1.165) is 23.9 Å². The lowest BCUT2D eigenvalue weighted by molar-refractivity contribution is -0.137. The number of nitriles is 1. The van der Waals surface area contributed by atoms with Gasteiger partial charge in [0.2, 0.25) is 11.9 Å². The van der Waals surface area contributed by atoms with Crippen LogP contribution in [0, 0.1) is 11.3 Å². The molecular formula is C19H22F3N9OS. The summed E-state index contributed by atoms with van der Waals surface area (Å²) in [5.41, 5.74) is 20.9. The molecule has 0 saturated heterocycles. The van der Waals surface area contributed by atoms with Gasteiger partial charge in [0, 0.05) is 12.2 Å². The third kappa shape index (κ3) is 6.39. The zero-order chi connectivity index (χ0) is 24.8. The first-order valence-electron chi connectivity index (χ1n) is 9.42. The van der Waals surface area contributed by atoms with Crippen molar-refractivity contribution in [3.8, 4) is 6.07 Å². The second kappa shape index (κ2) is 10.7. The van der Waals surface area contributed by atoms with Crippen molar-refractivity contribution in [1.82, 2.24) is 9.97 Å². The highest BCUT2D eigenvalue weighted by Crippen LogP contribution is 2.37. The van der Waals surface area contributed by atoms with E-state index in [2.05, 4.69) is 15.0 Å². The number of rotatable bonds is 9. The van der Waals surface area contributed by atoms with Crippen molar-refractivity contribution in [2.24, 2.45) is 22.2 Å². The van der Waals surface area contributed by atoms with E-state index in [9.17, 15) is 23.2 Å². The largest absolute Gasteiger partial charge is 0.416 e. The molecule has 0 spiro atoms. The van der Waals surface area contributed by atoms with Gasteiger partial charge in [-0.3, -0.25) is 9.79 Å². The normalized spacial score (nSPS) is 12.0. The molecule has 2 aromatic rings. The number of guanidine groups is 1. The zero-order valence-corrected chi connectivity index (χ0v) is 18.3. The van der Waals surface area contributed by atoms with Crippen molar-refractivity contribution < 1.29 is 18.0 Å². The number of amides is 1. The molecule has 10 nitrogen and oxygen atoms in total. The van der Waals surface area contributed by atoms with Gasteiger partial charge in [-0.15, -0.1) is 11.8 Å². The number of aliphatic imine (C=N–C) groups is 1. The minimum absolute atomic E-state index is 0.0474. The quantitative estimate of drug-likeness (QED) is 0.136. The molecule has 14 heteroatoms. The standard InChI is InChI=1S/C19H22F3N9OS/c1-33-16-12(9-23)15(29-18(27)30-16)31(11-5-2-4-10(8-11)19(20,21)22)13(14(24)32)6-3-7-28-17(25)26/h2,4-5,8,13H,3,6-7H2,1H3,(H2,24,32)(H4,25,26,28)(H2,27,29,30)/t13-/m0/s1. The molecule has 1 aromatic carbocycles. The number of anilines is 3. The molecule has 0 unspecified atom stereocenters. The summed E-state index contributed by atoms with van der Waals surface area (Å²) in [5, 5.41) is 9.94. The number of benzene rings is 1. The van der Waals surface area contributed by atoms with Crippen molar-refractivity contribution in [2.45, 2.75) is 30.1 Å². The van der Waals surface area contributed by atoms with Gasteiger partial charge < -0.3 is 27.8 Å². The number of thioether (sulfide) groups is 1. The Morgan fingerprint density at radius 1 is 1.30 bits per heavy atom. The number of nitrogens with two attached hydrogens (primary N) is 4. The van der Waals surface area contributed by atoms with Crippen LogP contribution in [0.5, 0.6) is 0 Å². The molecule has 0 aliphatic rings. The van der Waals surface area contributed by atoms with Crippen LogP contribution in [-0.4, -0.2) is 40.7 Å². The highest BCUT2D eigenvalue weighted by atomic mass is 32.2. The Kier molecular flexibility index (Phi) is 8.30. The van der Waals surface area contributed by atoms with Crippen LogP contribution in [-0.2, 0) is 11.0 Å². The number of halogens is 3. The molecule has 0 saturated carbocycles. The number of carbonyl (C=O) groups excluding carboxylic acids is 1. The molecule has 0 bridgehead atoms. The summed E-state index contributed by atoms with van der Waals surface area (Å²) < 4.78 is 40.2. The maximum Gasteiger partial charge on any atom is 0.416 e. The van der Waals surface area contributed by atoms with Gasteiger partial charge in [-0.2, -0.15) is 23.4 Å². The van der Waals surface area contributed by atoms with Gasteiger partial charge in [0.15, 0.2) is 11.8 Å². The molecule has 0 aliphatic heterocycles. The predicted molar refractivity (Wildman–Crippen MR) is 119 cm³/mol. The van der Waals surface area contributed by atoms with Crippen molar-refractivity contribution in [3.63, 3.8) is 0 Å². The summed E-state index contributed by atoms with van der Waals surface area (Å²) in [7, 11) is 0. The Morgan fingerprint density at radius 3 is 2.55 bits per heavy atom. The Balaban J connectivity index is 2.72. The third-order valence-electron chi connectivity index (χ3n) is 4.43. The summed E-state index contributed by atoms with van der Waals surface area (Å²) in [6, 6.07) is 4.99. The fourth-order valence-corrected chi connectivity index (χ4v) is 3.56. The number of carbonyl (C=O) groups is 1. The predicted octanol–water partition coefficient (Wildman–Crippen LogP) is 1.72. The summed E-state index contributed by atoms with van der Waals surface area (Å²) in [4.78, 5) is 25.5. The minimum Gasteiger partial charge on any atom is -0.370 e. The van der Waals surface area contributed by atoms with E-state index in [1.54, 1.807) is 6.26 Å². The highest BCUT2D eigenvalue weighted by Gasteiger charge is 2.34.